The molecule has 4 nitrogen and oxygen atoms in total. The van der Waals surface area contributed by atoms with Crippen LogP contribution in [0, 0.1) is 0 Å². The van der Waals surface area contributed by atoms with Gasteiger partial charge < -0.3 is 10.2 Å². The zero-order chi connectivity index (χ0) is 11.2. The van der Waals surface area contributed by atoms with Crippen molar-refractivity contribution in [2.75, 3.05) is 6.54 Å². The number of carbonyl (C=O) groups is 2. The molecule has 0 aromatic heterocycles. The van der Waals surface area contributed by atoms with Crippen molar-refractivity contribution in [2.24, 2.45) is 0 Å². The van der Waals surface area contributed by atoms with Crippen LogP contribution in [-0.4, -0.2) is 34.8 Å². The van der Waals surface area contributed by atoms with Crippen LogP contribution in [0.3, 0.4) is 0 Å². The number of amides is 2. The molecule has 0 aromatic rings. The molecule has 1 spiro atoms. The van der Waals surface area contributed by atoms with Gasteiger partial charge in [0.15, 0.2) is 0 Å². The molecule has 88 valence electrons. The van der Waals surface area contributed by atoms with Crippen LogP contribution >= 0.6 is 0 Å². The summed E-state index contributed by atoms with van der Waals surface area (Å²) in [6, 6.07) is 0.344. The molecule has 3 fully saturated rings. The first-order valence-corrected chi connectivity index (χ1v) is 6.33. The molecule has 0 unspecified atom stereocenters. The van der Waals surface area contributed by atoms with E-state index in [4.69, 9.17) is 0 Å². The average Bonchev–Trinajstić information content (AvgIpc) is 2.60. The fraction of sp³-hybridized carbons (Fsp3) is 0.833. The van der Waals surface area contributed by atoms with Crippen molar-refractivity contribution in [1.29, 1.82) is 0 Å². The third-order valence-electron chi connectivity index (χ3n) is 4.34. The highest BCUT2D eigenvalue weighted by Crippen LogP contribution is 2.36. The predicted molar refractivity (Wildman–Crippen MR) is 58.7 cm³/mol. The highest BCUT2D eigenvalue weighted by molar-refractivity contribution is 5.98. The summed E-state index contributed by atoms with van der Waals surface area (Å²) in [6.07, 6.45) is 7.14. The second-order valence-corrected chi connectivity index (χ2v) is 5.36. The van der Waals surface area contributed by atoms with Crippen LogP contribution in [0.15, 0.2) is 0 Å². The van der Waals surface area contributed by atoms with Gasteiger partial charge in [-0.25, -0.2) is 0 Å². The largest absolute Gasteiger partial charge is 0.340 e. The van der Waals surface area contributed by atoms with Crippen molar-refractivity contribution >= 4 is 11.8 Å². The Labute approximate surface area is 95.4 Å². The lowest BCUT2D eigenvalue weighted by molar-refractivity contribution is -0.153. The minimum absolute atomic E-state index is 0.0356. The SMILES string of the molecule is O=C1CN(C2CCC2)C(=O)C2(CCCC2)N1. The van der Waals surface area contributed by atoms with Gasteiger partial charge in [0.2, 0.25) is 11.8 Å². The third kappa shape index (κ3) is 1.35. The van der Waals surface area contributed by atoms with E-state index in [1.807, 2.05) is 4.90 Å². The number of hydrogen-bond acceptors (Lipinski definition) is 2. The van der Waals surface area contributed by atoms with Crippen LogP contribution in [0.5, 0.6) is 0 Å². The summed E-state index contributed by atoms with van der Waals surface area (Å²) in [7, 11) is 0. The van der Waals surface area contributed by atoms with E-state index in [1.165, 1.54) is 6.42 Å². The maximum absolute atomic E-state index is 12.4. The van der Waals surface area contributed by atoms with Crippen LogP contribution < -0.4 is 5.32 Å². The molecule has 0 bridgehead atoms. The van der Waals surface area contributed by atoms with Crippen LogP contribution in [0.25, 0.3) is 0 Å². The Morgan fingerprint density at radius 1 is 1.12 bits per heavy atom. The topological polar surface area (TPSA) is 49.4 Å². The van der Waals surface area contributed by atoms with E-state index in [0.717, 1.165) is 38.5 Å². The summed E-state index contributed by atoms with van der Waals surface area (Å²) < 4.78 is 0. The molecule has 3 aliphatic rings. The summed E-state index contributed by atoms with van der Waals surface area (Å²) in [4.78, 5) is 26.0. The fourth-order valence-corrected chi connectivity index (χ4v) is 3.17. The van der Waals surface area contributed by atoms with E-state index in [-0.39, 0.29) is 18.4 Å². The molecule has 2 amide bonds. The molecule has 2 aliphatic carbocycles. The molecule has 0 radical (unpaired) electrons. The van der Waals surface area contributed by atoms with Crippen molar-refractivity contribution in [3.63, 3.8) is 0 Å². The van der Waals surface area contributed by atoms with Gasteiger partial charge in [-0.05, 0) is 32.1 Å². The standard InChI is InChI=1S/C12H18N2O2/c15-10-8-14(9-4-3-5-9)11(16)12(13-10)6-1-2-7-12/h9H,1-8H2,(H,13,15). The van der Waals surface area contributed by atoms with Gasteiger partial charge in [0, 0.05) is 6.04 Å². The number of nitrogens with zero attached hydrogens (tertiary/aromatic N) is 1. The molecule has 2 saturated carbocycles. The fourth-order valence-electron chi connectivity index (χ4n) is 3.17. The second kappa shape index (κ2) is 3.47. The first kappa shape index (κ1) is 10.1. The minimum Gasteiger partial charge on any atom is -0.340 e. The predicted octanol–water partition coefficient (Wildman–Crippen LogP) is 0.810. The first-order chi connectivity index (χ1) is 7.71. The van der Waals surface area contributed by atoms with Gasteiger partial charge in [-0.15, -0.1) is 0 Å². The van der Waals surface area contributed by atoms with Gasteiger partial charge in [-0.1, -0.05) is 12.8 Å². The summed E-state index contributed by atoms with van der Waals surface area (Å²) in [5, 5.41) is 2.94. The van der Waals surface area contributed by atoms with E-state index in [1.54, 1.807) is 0 Å². The highest BCUT2D eigenvalue weighted by atomic mass is 16.2. The Bertz CT molecular complexity index is 330. The normalized spacial score (nSPS) is 29.4. The molecule has 16 heavy (non-hydrogen) atoms. The maximum Gasteiger partial charge on any atom is 0.249 e. The number of carbonyl (C=O) groups excluding carboxylic acids is 2. The van der Waals surface area contributed by atoms with E-state index in [2.05, 4.69) is 5.32 Å². The van der Waals surface area contributed by atoms with Crippen LogP contribution in [0.4, 0.5) is 0 Å². The van der Waals surface area contributed by atoms with Gasteiger partial charge in [0.05, 0.1) is 6.54 Å². The van der Waals surface area contributed by atoms with E-state index >= 15 is 0 Å². The molecule has 1 N–H and O–H groups in total. The number of nitrogens with one attached hydrogen (secondary N) is 1. The molecular formula is C12H18N2O2. The van der Waals surface area contributed by atoms with Crippen LogP contribution in [0.1, 0.15) is 44.9 Å². The molecule has 0 atom stereocenters. The monoisotopic (exact) mass is 222 g/mol. The average molecular weight is 222 g/mol. The quantitative estimate of drug-likeness (QED) is 0.713. The van der Waals surface area contributed by atoms with Crippen LogP contribution in [0.2, 0.25) is 0 Å². The second-order valence-electron chi connectivity index (χ2n) is 5.36. The summed E-state index contributed by atoms with van der Waals surface area (Å²) in [6.45, 7) is 0.283. The number of hydrogen-bond donors (Lipinski definition) is 1. The molecular weight excluding hydrogens is 204 g/mol. The van der Waals surface area contributed by atoms with Crippen molar-refractivity contribution in [1.82, 2.24) is 10.2 Å². The van der Waals surface area contributed by atoms with Crippen molar-refractivity contribution < 1.29 is 9.59 Å². The Morgan fingerprint density at radius 2 is 1.81 bits per heavy atom. The zero-order valence-corrected chi connectivity index (χ0v) is 9.50. The van der Waals surface area contributed by atoms with Gasteiger partial charge >= 0.3 is 0 Å². The Morgan fingerprint density at radius 3 is 2.38 bits per heavy atom. The van der Waals surface area contributed by atoms with Gasteiger partial charge in [-0.2, -0.15) is 0 Å². The molecule has 3 rings (SSSR count). The lowest BCUT2D eigenvalue weighted by Gasteiger charge is -2.46. The van der Waals surface area contributed by atoms with Gasteiger partial charge in [0.1, 0.15) is 5.54 Å². The van der Waals surface area contributed by atoms with Crippen LogP contribution in [-0.2, 0) is 9.59 Å². The minimum atomic E-state index is -0.523. The molecule has 1 aliphatic heterocycles. The van der Waals surface area contributed by atoms with E-state index in [9.17, 15) is 9.59 Å². The first-order valence-electron chi connectivity index (χ1n) is 6.33. The van der Waals surface area contributed by atoms with Gasteiger partial charge in [0.25, 0.3) is 0 Å². The molecule has 4 heteroatoms. The highest BCUT2D eigenvalue weighted by Gasteiger charge is 2.50. The molecule has 1 saturated heterocycles. The molecule has 0 aromatic carbocycles. The Balaban J connectivity index is 1.84. The van der Waals surface area contributed by atoms with Crippen molar-refractivity contribution in [2.45, 2.75) is 56.5 Å². The van der Waals surface area contributed by atoms with Crippen molar-refractivity contribution in [3.8, 4) is 0 Å². The zero-order valence-electron chi connectivity index (χ0n) is 9.50. The lowest BCUT2D eigenvalue weighted by Crippen LogP contribution is -2.68. The van der Waals surface area contributed by atoms with Crippen molar-refractivity contribution in [3.05, 3.63) is 0 Å². The number of piperazine rings is 1. The smallest absolute Gasteiger partial charge is 0.249 e. The Kier molecular flexibility index (Phi) is 2.19. The Hall–Kier alpha value is -1.06. The summed E-state index contributed by atoms with van der Waals surface area (Å²) >= 11 is 0. The molecule has 1 heterocycles. The maximum atomic E-state index is 12.4. The van der Waals surface area contributed by atoms with Gasteiger partial charge in [-0.3, -0.25) is 9.59 Å². The summed E-state index contributed by atoms with van der Waals surface area (Å²) in [5.41, 5.74) is -0.523. The number of rotatable bonds is 1. The lowest BCUT2D eigenvalue weighted by atomic mass is 9.86. The van der Waals surface area contributed by atoms with E-state index in [0.29, 0.717) is 6.04 Å². The third-order valence-corrected chi connectivity index (χ3v) is 4.34. The summed E-state index contributed by atoms with van der Waals surface area (Å²) in [5.74, 6) is 0.225. The van der Waals surface area contributed by atoms with E-state index < -0.39 is 5.54 Å².